The van der Waals surface area contributed by atoms with Crippen LogP contribution in [-0.2, 0) is 27.5 Å². The zero-order chi connectivity index (χ0) is 23.0. The maximum Gasteiger partial charge on any atom is 0.322 e. The second-order valence-corrected chi connectivity index (χ2v) is 8.19. The summed E-state index contributed by atoms with van der Waals surface area (Å²) in [6.45, 7) is 5.62. The van der Waals surface area contributed by atoms with Crippen LogP contribution in [0.5, 0.6) is 5.75 Å². The van der Waals surface area contributed by atoms with Crippen molar-refractivity contribution in [3.05, 3.63) is 66.4 Å². The molecule has 0 aliphatic rings. The van der Waals surface area contributed by atoms with Crippen LogP contribution in [-0.4, -0.2) is 46.2 Å². The molecule has 3 aromatic rings. The first kappa shape index (κ1) is 23.2. The highest BCUT2D eigenvalue weighted by Crippen LogP contribution is 2.17. The number of benzene rings is 2. The van der Waals surface area contributed by atoms with Crippen LogP contribution in [0.3, 0.4) is 0 Å². The number of nitrogens with one attached hydrogen (secondary N) is 1. The Hall–Kier alpha value is -3.46. The molecule has 1 radical (unpaired) electrons. The number of rotatable bonds is 10. The first-order chi connectivity index (χ1) is 15.3. The van der Waals surface area contributed by atoms with Crippen molar-refractivity contribution < 1.29 is 19.1 Å². The lowest BCUT2D eigenvalue weighted by atomic mass is 9.94. The lowest BCUT2D eigenvalue weighted by Gasteiger charge is -2.24. The van der Waals surface area contributed by atoms with E-state index in [1.165, 1.54) is 7.41 Å². The molecule has 0 fully saturated rings. The fraction of sp³-hybridized carbons (Fsp3) is 0.304. The van der Waals surface area contributed by atoms with E-state index in [4.69, 9.17) is 9.47 Å². The van der Waals surface area contributed by atoms with Crippen LogP contribution in [0.25, 0.3) is 11.3 Å². The summed E-state index contributed by atoms with van der Waals surface area (Å²) >= 11 is 0. The molecule has 32 heavy (non-hydrogen) atoms. The Bertz CT molecular complexity index is 1020. The summed E-state index contributed by atoms with van der Waals surface area (Å²) in [6.07, 6.45) is 2.79. The first-order valence-electron chi connectivity index (χ1n) is 10.3. The third-order valence-electron chi connectivity index (χ3n) is 4.39. The van der Waals surface area contributed by atoms with Crippen LogP contribution in [0.15, 0.2) is 60.8 Å². The van der Waals surface area contributed by atoms with Gasteiger partial charge in [0, 0.05) is 5.56 Å². The van der Waals surface area contributed by atoms with E-state index in [0.717, 1.165) is 16.8 Å². The van der Waals surface area contributed by atoms with Crippen LogP contribution >= 0.6 is 0 Å². The highest BCUT2D eigenvalue weighted by molar-refractivity contribution is 6.64. The average molecular weight is 433 g/mol. The molecule has 1 heterocycles. The van der Waals surface area contributed by atoms with E-state index in [2.05, 4.69) is 15.5 Å². The first-order valence-corrected chi connectivity index (χ1v) is 10.3. The molecule has 0 amide bonds. The summed E-state index contributed by atoms with van der Waals surface area (Å²) < 4.78 is 12.8. The lowest BCUT2D eigenvalue weighted by Crippen LogP contribution is -2.44. The Balaban J connectivity index is 1.57. The van der Waals surface area contributed by atoms with Crippen molar-refractivity contribution in [1.82, 2.24) is 20.2 Å². The third-order valence-corrected chi connectivity index (χ3v) is 4.39. The van der Waals surface area contributed by atoms with Crippen molar-refractivity contribution in [2.45, 2.75) is 45.6 Å². The lowest BCUT2D eigenvalue weighted by molar-refractivity contribution is -0.156. The highest BCUT2D eigenvalue weighted by Gasteiger charge is 2.25. The maximum atomic E-state index is 12.4. The van der Waals surface area contributed by atoms with E-state index in [1.807, 2.05) is 60.8 Å². The fourth-order valence-electron chi connectivity index (χ4n) is 2.94. The molecule has 1 N–H and O–H groups in total. The quantitative estimate of drug-likeness (QED) is 0.298. The van der Waals surface area contributed by atoms with Crippen molar-refractivity contribution in [2.24, 2.45) is 0 Å². The zero-order valence-electron chi connectivity index (χ0n) is 18.4. The number of hydrogen-bond acceptors (Lipinski definition) is 7. The highest BCUT2D eigenvalue weighted by atomic mass is 16.6. The van der Waals surface area contributed by atoms with Gasteiger partial charge in [-0.1, -0.05) is 47.7 Å². The number of carbonyl (C=O) groups excluding carboxylic acids is 2. The number of nitrogens with zero attached hydrogens (tertiary/aromatic N) is 3. The Labute approximate surface area is 188 Å². The van der Waals surface area contributed by atoms with Gasteiger partial charge in [0.1, 0.15) is 23.1 Å². The van der Waals surface area contributed by atoms with Crippen molar-refractivity contribution in [3.8, 4) is 17.0 Å². The van der Waals surface area contributed by atoms with E-state index in [-0.39, 0.29) is 6.73 Å². The molecule has 0 spiro atoms. The summed E-state index contributed by atoms with van der Waals surface area (Å²) in [5.74, 6) is 0.239. The standard InChI is InChI=1S/C23H26BN4O4/c1-23(2,3)32-22(30)20(25-24-15-29)13-17-9-11-19(12-10-17)31-16-28-14-21(26-27-28)18-7-5-4-6-8-18/h4-12,14-15,20,25H,13,16H2,1-3H3/t20-/m0/s1. The Kier molecular flexibility index (Phi) is 7.78. The molecule has 0 saturated carbocycles. The SMILES string of the molecule is CC(C)(C)OC(=O)[C@H](Cc1ccc(OCn2cc(-c3ccccc3)nn2)cc1)N[B]C=O. The molecule has 0 saturated heterocycles. The van der Waals surface area contributed by atoms with Gasteiger partial charge in [-0.15, -0.1) is 5.10 Å². The van der Waals surface area contributed by atoms with E-state index in [9.17, 15) is 9.59 Å². The molecule has 8 nitrogen and oxygen atoms in total. The average Bonchev–Trinajstić information content (AvgIpc) is 3.24. The summed E-state index contributed by atoms with van der Waals surface area (Å²) in [6, 6.07) is 16.5. The van der Waals surface area contributed by atoms with Crippen molar-refractivity contribution >= 4 is 19.6 Å². The molecule has 2 aromatic carbocycles. The van der Waals surface area contributed by atoms with Crippen LogP contribution in [0.2, 0.25) is 0 Å². The van der Waals surface area contributed by atoms with Gasteiger partial charge < -0.3 is 19.5 Å². The normalized spacial score (nSPS) is 12.1. The Morgan fingerprint density at radius 1 is 1.16 bits per heavy atom. The van der Waals surface area contributed by atoms with Crippen LogP contribution in [0.1, 0.15) is 26.3 Å². The molecular weight excluding hydrogens is 407 g/mol. The minimum absolute atomic E-state index is 0.218. The van der Waals surface area contributed by atoms with Gasteiger partial charge in [0.2, 0.25) is 0 Å². The Morgan fingerprint density at radius 2 is 1.88 bits per heavy atom. The molecule has 0 bridgehead atoms. The minimum atomic E-state index is -0.669. The van der Waals surface area contributed by atoms with Crippen molar-refractivity contribution in [1.29, 1.82) is 0 Å². The van der Waals surface area contributed by atoms with E-state index in [0.29, 0.717) is 18.4 Å². The fourth-order valence-corrected chi connectivity index (χ4v) is 2.94. The summed E-state index contributed by atoms with van der Waals surface area (Å²) in [7, 11) is 1.20. The zero-order valence-corrected chi connectivity index (χ0v) is 18.4. The number of carbonyl (C=O) groups is 2. The summed E-state index contributed by atoms with van der Waals surface area (Å²) in [5, 5.41) is 11.1. The van der Waals surface area contributed by atoms with E-state index >= 15 is 0 Å². The molecule has 3 rings (SSSR count). The van der Waals surface area contributed by atoms with Gasteiger partial charge in [0.25, 0.3) is 7.41 Å². The summed E-state index contributed by atoms with van der Waals surface area (Å²) in [5.41, 5.74) is 2.05. The third kappa shape index (κ3) is 7.06. The second-order valence-electron chi connectivity index (χ2n) is 8.19. The molecule has 1 aromatic heterocycles. The predicted octanol–water partition coefficient (Wildman–Crippen LogP) is 2.63. The topological polar surface area (TPSA) is 95.3 Å². The van der Waals surface area contributed by atoms with Crippen LogP contribution in [0.4, 0.5) is 0 Å². The molecule has 0 aliphatic heterocycles. The second kappa shape index (κ2) is 10.7. The largest absolute Gasteiger partial charge is 0.471 e. The van der Waals surface area contributed by atoms with Crippen LogP contribution in [0, 0.1) is 0 Å². The van der Waals surface area contributed by atoms with E-state index in [1.54, 1.807) is 25.5 Å². The summed E-state index contributed by atoms with van der Waals surface area (Å²) in [4.78, 5) is 23.1. The van der Waals surface area contributed by atoms with Gasteiger partial charge in [0.15, 0.2) is 6.73 Å². The van der Waals surface area contributed by atoms with Gasteiger partial charge in [-0.25, -0.2) is 4.68 Å². The molecular formula is C23H26BN4O4. The van der Waals surface area contributed by atoms with Crippen molar-refractivity contribution in [2.75, 3.05) is 0 Å². The molecule has 165 valence electrons. The van der Waals surface area contributed by atoms with Gasteiger partial charge in [-0.05, 0) is 44.9 Å². The minimum Gasteiger partial charge on any atom is -0.471 e. The number of esters is 1. The van der Waals surface area contributed by atoms with E-state index < -0.39 is 17.6 Å². The molecule has 0 aliphatic carbocycles. The molecule has 0 unspecified atom stereocenters. The molecule has 9 heteroatoms. The van der Waals surface area contributed by atoms with Gasteiger partial charge >= 0.3 is 5.97 Å². The van der Waals surface area contributed by atoms with Gasteiger partial charge in [-0.3, -0.25) is 4.79 Å². The van der Waals surface area contributed by atoms with Crippen molar-refractivity contribution in [3.63, 3.8) is 0 Å². The number of hydrogen-bond donors (Lipinski definition) is 1. The van der Waals surface area contributed by atoms with Gasteiger partial charge in [-0.2, -0.15) is 0 Å². The van der Waals surface area contributed by atoms with Gasteiger partial charge in [0.05, 0.1) is 12.4 Å². The predicted molar refractivity (Wildman–Crippen MR) is 122 cm³/mol. The smallest absolute Gasteiger partial charge is 0.322 e. The maximum absolute atomic E-state index is 12.4. The number of ether oxygens (including phenoxy) is 2. The number of aromatic nitrogens is 3. The van der Waals surface area contributed by atoms with Crippen LogP contribution < -0.4 is 9.96 Å². The Morgan fingerprint density at radius 3 is 2.53 bits per heavy atom. The monoisotopic (exact) mass is 433 g/mol. The molecule has 1 atom stereocenters.